The third kappa shape index (κ3) is 6.55. The normalized spacial score (nSPS) is 10.8. The molecule has 0 aliphatic rings. The van der Waals surface area contributed by atoms with E-state index in [1.54, 1.807) is 0 Å². The molecule has 7 heteroatoms. The van der Waals surface area contributed by atoms with E-state index in [4.69, 9.17) is 16.5 Å². The van der Waals surface area contributed by atoms with E-state index in [-0.39, 0.29) is 12.5 Å². The number of rotatable bonds is 8. The lowest BCUT2D eigenvalue weighted by Crippen LogP contribution is -2.29. The van der Waals surface area contributed by atoms with Crippen LogP contribution in [-0.4, -0.2) is 27.0 Å². The van der Waals surface area contributed by atoms with Crippen molar-refractivity contribution in [2.75, 3.05) is 12.3 Å². The maximum absolute atomic E-state index is 11.4. The molecule has 5 aromatic rings. The van der Waals surface area contributed by atoms with E-state index in [1.807, 2.05) is 48.5 Å². The SMILES string of the molecule is CCCCc1nc2c(N)nc3ccccc3c2n1Cc1ccc(CNC(=O)CN)cc1.Cc1ccccc1. The third-order valence-corrected chi connectivity index (χ3v) is 6.42. The Kier molecular flexibility index (Phi) is 9.06. The number of para-hydroxylation sites is 1. The van der Waals surface area contributed by atoms with Gasteiger partial charge in [0, 0.05) is 24.9 Å². The average Bonchev–Trinajstić information content (AvgIpc) is 3.31. The van der Waals surface area contributed by atoms with E-state index in [2.05, 4.69) is 59.0 Å². The first kappa shape index (κ1) is 26.8. The number of carbonyl (C=O) groups excluding carboxylic acids is 1. The Labute approximate surface area is 223 Å². The molecule has 0 aliphatic carbocycles. The molecule has 38 heavy (non-hydrogen) atoms. The minimum atomic E-state index is -0.160. The van der Waals surface area contributed by atoms with Crippen molar-refractivity contribution in [2.45, 2.75) is 46.2 Å². The van der Waals surface area contributed by atoms with Gasteiger partial charge in [-0.25, -0.2) is 9.97 Å². The van der Waals surface area contributed by atoms with Crippen molar-refractivity contribution in [2.24, 2.45) is 5.73 Å². The minimum Gasteiger partial charge on any atom is -0.382 e. The van der Waals surface area contributed by atoms with Crippen molar-refractivity contribution < 1.29 is 4.79 Å². The van der Waals surface area contributed by atoms with Crippen molar-refractivity contribution in [3.8, 4) is 0 Å². The first-order valence-electron chi connectivity index (χ1n) is 13.1. The summed E-state index contributed by atoms with van der Waals surface area (Å²) in [5, 5.41) is 3.85. The molecule has 5 N–H and O–H groups in total. The number of unbranched alkanes of at least 4 members (excludes halogenated alkanes) is 1. The summed E-state index contributed by atoms with van der Waals surface area (Å²) in [4.78, 5) is 20.8. The summed E-state index contributed by atoms with van der Waals surface area (Å²) in [6, 6.07) is 26.6. The molecule has 0 atom stereocenters. The van der Waals surface area contributed by atoms with Gasteiger partial charge in [0.25, 0.3) is 0 Å². The number of imidazole rings is 1. The Balaban J connectivity index is 0.000000417. The maximum atomic E-state index is 11.4. The maximum Gasteiger partial charge on any atom is 0.234 e. The minimum absolute atomic E-state index is 0.00172. The molecule has 0 fully saturated rings. The number of benzene rings is 3. The average molecular weight is 509 g/mol. The molecule has 0 bridgehead atoms. The molecule has 196 valence electrons. The molecule has 7 nitrogen and oxygen atoms in total. The van der Waals surface area contributed by atoms with Crippen LogP contribution in [0.3, 0.4) is 0 Å². The van der Waals surface area contributed by atoms with Crippen LogP contribution in [0.25, 0.3) is 21.9 Å². The van der Waals surface area contributed by atoms with E-state index in [0.717, 1.165) is 58.2 Å². The monoisotopic (exact) mass is 508 g/mol. The predicted molar refractivity (Wildman–Crippen MR) is 156 cm³/mol. The zero-order valence-electron chi connectivity index (χ0n) is 22.2. The number of aryl methyl sites for hydroxylation is 2. The Bertz CT molecular complexity index is 1490. The predicted octanol–water partition coefficient (Wildman–Crippen LogP) is 5.13. The highest BCUT2D eigenvalue weighted by Gasteiger charge is 2.17. The molecule has 2 heterocycles. The highest BCUT2D eigenvalue weighted by Crippen LogP contribution is 2.30. The number of aromatic nitrogens is 3. The summed E-state index contributed by atoms with van der Waals surface area (Å²) in [7, 11) is 0. The van der Waals surface area contributed by atoms with Crippen LogP contribution >= 0.6 is 0 Å². The Morgan fingerprint density at radius 2 is 1.61 bits per heavy atom. The lowest BCUT2D eigenvalue weighted by molar-refractivity contribution is -0.119. The third-order valence-electron chi connectivity index (χ3n) is 6.42. The summed E-state index contributed by atoms with van der Waals surface area (Å²) in [5.74, 6) is 1.34. The number of pyridine rings is 1. The second-order valence-corrected chi connectivity index (χ2v) is 9.38. The molecule has 0 saturated heterocycles. The fraction of sp³-hybridized carbons (Fsp3) is 0.258. The lowest BCUT2D eigenvalue weighted by Gasteiger charge is -2.12. The summed E-state index contributed by atoms with van der Waals surface area (Å²) >= 11 is 0. The molecule has 3 aromatic carbocycles. The van der Waals surface area contributed by atoms with E-state index in [0.29, 0.717) is 18.9 Å². The van der Waals surface area contributed by atoms with Crippen molar-refractivity contribution in [1.29, 1.82) is 0 Å². The number of carbonyl (C=O) groups is 1. The van der Waals surface area contributed by atoms with Gasteiger partial charge in [0.05, 0.1) is 17.6 Å². The van der Waals surface area contributed by atoms with Gasteiger partial charge in [-0.2, -0.15) is 0 Å². The number of nitrogens with one attached hydrogen (secondary N) is 1. The second kappa shape index (κ2) is 12.8. The van der Waals surface area contributed by atoms with Crippen LogP contribution in [0.1, 0.15) is 42.3 Å². The van der Waals surface area contributed by atoms with E-state index in [1.165, 1.54) is 5.56 Å². The topological polar surface area (TPSA) is 112 Å². The van der Waals surface area contributed by atoms with Crippen LogP contribution < -0.4 is 16.8 Å². The molecule has 0 radical (unpaired) electrons. The van der Waals surface area contributed by atoms with Gasteiger partial charge in [0.15, 0.2) is 5.82 Å². The fourth-order valence-corrected chi connectivity index (χ4v) is 4.35. The van der Waals surface area contributed by atoms with Crippen LogP contribution in [0, 0.1) is 6.92 Å². The number of hydrogen-bond acceptors (Lipinski definition) is 5. The number of anilines is 1. The Morgan fingerprint density at radius 3 is 2.26 bits per heavy atom. The van der Waals surface area contributed by atoms with Crippen LogP contribution in [0.5, 0.6) is 0 Å². The number of nitrogen functional groups attached to an aromatic ring is 1. The quantitative estimate of drug-likeness (QED) is 0.269. The zero-order valence-corrected chi connectivity index (χ0v) is 22.2. The summed E-state index contributed by atoms with van der Waals surface area (Å²) in [6.07, 6.45) is 3.05. The van der Waals surface area contributed by atoms with Gasteiger partial charge < -0.3 is 21.4 Å². The first-order chi connectivity index (χ1) is 18.5. The Morgan fingerprint density at radius 1 is 0.921 bits per heavy atom. The number of nitrogens with two attached hydrogens (primary N) is 2. The van der Waals surface area contributed by atoms with Gasteiger partial charge >= 0.3 is 0 Å². The van der Waals surface area contributed by atoms with E-state index in [9.17, 15) is 4.79 Å². The van der Waals surface area contributed by atoms with Crippen molar-refractivity contribution in [3.05, 3.63) is 101 Å². The molecular formula is C31H36N6O. The molecule has 0 aliphatic heterocycles. The fourth-order valence-electron chi connectivity index (χ4n) is 4.35. The number of fused-ring (bicyclic) bond motifs is 3. The lowest BCUT2D eigenvalue weighted by atomic mass is 10.1. The molecule has 0 unspecified atom stereocenters. The highest BCUT2D eigenvalue weighted by atomic mass is 16.1. The number of nitrogens with zero attached hydrogens (tertiary/aromatic N) is 3. The smallest absolute Gasteiger partial charge is 0.234 e. The molecular weight excluding hydrogens is 472 g/mol. The number of hydrogen-bond donors (Lipinski definition) is 3. The number of amides is 1. The summed E-state index contributed by atoms with van der Waals surface area (Å²) < 4.78 is 2.27. The largest absolute Gasteiger partial charge is 0.382 e. The van der Waals surface area contributed by atoms with Gasteiger partial charge in [0.2, 0.25) is 5.91 Å². The molecule has 2 aromatic heterocycles. The molecule has 1 amide bonds. The van der Waals surface area contributed by atoms with Gasteiger partial charge in [-0.1, -0.05) is 91.7 Å². The molecule has 5 rings (SSSR count). The van der Waals surface area contributed by atoms with E-state index >= 15 is 0 Å². The summed E-state index contributed by atoms with van der Waals surface area (Å²) in [6.45, 7) is 5.43. The van der Waals surface area contributed by atoms with Gasteiger partial charge in [-0.15, -0.1) is 0 Å². The standard InChI is InChI=1S/C24H28N6O.C7H8/c1-2-3-8-20-29-22-23(18-6-4-5-7-19(18)28-24(22)26)30(20)15-17-11-9-16(10-12-17)14-27-21(31)13-25;1-7-5-3-2-4-6-7/h4-7,9-12H,2-3,8,13-15,25H2,1H3,(H2,26,28)(H,27,31);2-6H,1H3. The molecule has 0 spiro atoms. The second-order valence-electron chi connectivity index (χ2n) is 9.38. The van der Waals surface area contributed by atoms with Crippen molar-refractivity contribution in [1.82, 2.24) is 19.9 Å². The van der Waals surface area contributed by atoms with Crippen LogP contribution in [0.15, 0.2) is 78.9 Å². The van der Waals surface area contributed by atoms with Gasteiger partial charge in [-0.3, -0.25) is 4.79 Å². The van der Waals surface area contributed by atoms with Crippen molar-refractivity contribution >= 4 is 33.7 Å². The van der Waals surface area contributed by atoms with E-state index < -0.39 is 0 Å². The zero-order chi connectivity index (χ0) is 26.9. The summed E-state index contributed by atoms with van der Waals surface area (Å²) in [5.41, 5.74) is 17.8. The van der Waals surface area contributed by atoms with Crippen molar-refractivity contribution in [3.63, 3.8) is 0 Å². The van der Waals surface area contributed by atoms with Crippen LogP contribution in [0.2, 0.25) is 0 Å². The first-order valence-corrected chi connectivity index (χ1v) is 13.1. The van der Waals surface area contributed by atoms with Crippen LogP contribution in [-0.2, 0) is 24.3 Å². The molecule has 0 saturated carbocycles. The van der Waals surface area contributed by atoms with Crippen LogP contribution in [0.4, 0.5) is 5.82 Å². The Hall–Kier alpha value is -4.23. The van der Waals surface area contributed by atoms with Gasteiger partial charge in [-0.05, 0) is 30.5 Å². The highest BCUT2D eigenvalue weighted by molar-refractivity contribution is 6.06. The van der Waals surface area contributed by atoms with Gasteiger partial charge in [0.1, 0.15) is 11.3 Å².